The van der Waals surface area contributed by atoms with Gasteiger partial charge in [0.05, 0.1) is 0 Å². The Kier molecular flexibility index (Phi) is 5.14. The van der Waals surface area contributed by atoms with Gasteiger partial charge in [0, 0.05) is 9.92 Å². The Morgan fingerprint density at radius 2 is 2.00 bits per heavy atom. The van der Waals surface area contributed by atoms with Crippen molar-refractivity contribution in [2.45, 2.75) is 11.3 Å². The van der Waals surface area contributed by atoms with Crippen LogP contribution in [0, 0.1) is 0 Å². The minimum Gasteiger partial charge on any atom is -0.456 e. The summed E-state index contributed by atoms with van der Waals surface area (Å²) in [4.78, 5) is 1.10. The summed E-state index contributed by atoms with van der Waals surface area (Å²) in [5, 5.41) is 0.699. The zero-order chi connectivity index (χ0) is 13.7. The fraction of sp³-hybridized carbons (Fsp3) is 0.200. The monoisotopic (exact) mass is 293 g/mol. The molecule has 0 aromatic heterocycles. The number of ether oxygens (including phenoxy) is 1. The van der Waals surface area contributed by atoms with E-state index in [0.29, 0.717) is 11.6 Å². The molecule has 2 aromatic carbocycles. The van der Waals surface area contributed by atoms with E-state index in [1.807, 2.05) is 48.7 Å². The van der Waals surface area contributed by atoms with Crippen molar-refractivity contribution >= 4 is 23.4 Å². The molecular formula is C15H16ClNOS. The Morgan fingerprint density at radius 1 is 1.21 bits per heavy atom. The number of halogens is 1. The van der Waals surface area contributed by atoms with Crippen molar-refractivity contribution in [3.05, 3.63) is 53.1 Å². The second-order valence-electron chi connectivity index (χ2n) is 4.04. The first-order valence-electron chi connectivity index (χ1n) is 6.04. The van der Waals surface area contributed by atoms with Crippen LogP contribution in [0.4, 0.5) is 0 Å². The molecule has 0 unspecified atom stereocenters. The first-order chi connectivity index (χ1) is 9.24. The number of hydrogen-bond acceptors (Lipinski definition) is 3. The summed E-state index contributed by atoms with van der Waals surface area (Å²) in [5.74, 6) is 1.59. The fourth-order valence-corrected chi connectivity index (χ4v) is 2.57. The fourth-order valence-electron chi connectivity index (χ4n) is 1.78. The molecule has 0 amide bonds. The van der Waals surface area contributed by atoms with Crippen molar-refractivity contribution < 1.29 is 4.74 Å². The topological polar surface area (TPSA) is 35.2 Å². The lowest BCUT2D eigenvalue weighted by molar-refractivity contribution is 0.471. The van der Waals surface area contributed by atoms with E-state index in [0.717, 1.165) is 28.4 Å². The minimum atomic E-state index is 0.592. The van der Waals surface area contributed by atoms with Crippen molar-refractivity contribution in [1.82, 2.24) is 0 Å². The summed E-state index contributed by atoms with van der Waals surface area (Å²) in [6, 6.07) is 13.7. The molecule has 4 heteroatoms. The third-order valence-electron chi connectivity index (χ3n) is 2.74. The van der Waals surface area contributed by atoms with Crippen LogP contribution in [-0.4, -0.2) is 12.8 Å². The van der Waals surface area contributed by atoms with Crippen LogP contribution in [0.25, 0.3) is 0 Å². The Hall–Kier alpha value is -1.16. The molecule has 0 fully saturated rings. The zero-order valence-electron chi connectivity index (χ0n) is 10.7. The average Bonchev–Trinajstić information content (AvgIpc) is 2.43. The maximum absolute atomic E-state index is 6.21. The Labute approximate surface area is 122 Å². The molecule has 100 valence electrons. The summed E-state index contributed by atoms with van der Waals surface area (Å²) in [7, 11) is 0. The second-order valence-corrected chi connectivity index (χ2v) is 5.30. The van der Waals surface area contributed by atoms with Gasteiger partial charge in [-0.2, -0.15) is 0 Å². The van der Waals surface area contributed by atoms with E-state index in [-0.39, 0.29) is 0 Å². The minimum absolute atomic E-state index is 0.592. The van der Waals surface area contributed by atoms with Crippen LogP contribution >= 0.6 is 23.4 Å². The van der Waals surface area contributed by atoms with Gasteiger partial charge >= 0.3 is 0 Å². The van der Waals surface area contributed by atoms with Gasteiger partial charge < -0.3 is 10.5 Å². The third-order valence-corrected chi connectivity index (χ3v) is 3.86. The van der Waals surface area contributed by atoms with Crippen molar-refractivity contribution in [1.29, 1.82) is 0 Å². The largest absolute Gasteiger partial charge is 0.456 e. The van der Waals surface area contributed by atoms with E-state index in [4.69, 9.17) is 22.1 Å². The lowest BCUT2D eigenvalue weighted by Crippen LogP contribution is -2.03. The normalized spacial score (nSPS) is 10.5. The molecule has 2 N–H and O–H groups in total. The van der Waals surface area contributed by atoms with E-state index in [2.05, 4.69) is 0 Å². The summed E-state index contributed by atoms with van der Waals surface area (Å²) >= 11 is 7.86. The highest BCUT2D eigenvalue weighted by Gasteiger charge is 2.06. The van der Waals surface area contributed by atoms with Crippen LogP contribution in [0.5, 0.6) is 11.5 Å². The average molecular weight is 294 g/mol. The van der Waals surface area contributed by atoms with Gasteiger partial charge in [0.25, 0.3) is 0 Å². The smallest absolute Gasteiger partial charge is 0.140 e. The highest BCUT2D eigenvalue weighted by atomic mass is 35.5. The predicted molar refractivity (Wildman–Crippen MR) is 82.5 cm³/mol. The number of para-hydroxylation sites is 1. The van der Waals surface area contributed by atoms with Crippen LogP contribution in [0.3, 0.4) is 0 Å². The van der Waals surface area contributed by atoms with E-state index in [9.17, 15) is 0 Å². The highest BCUT2D eigenvalue weighted by Crippen LogP contribution is 2.32. The van der Waals surface area contributed by atoms with Gasteiger partial charge in [0.2, 0.25) is 0 Å². The first kappa shape index (κ1) is 14.3. The number of rotatable bonds is 5. The van der Waals surface area contributed by atoms with E-state index in [1.165, 1.54) is 0 Å². The summed E-state index contributed by atoms with van der Waals surface area (Å²) in [6.45, 7) is 0.592. The predicted octanol–water partition coefficient (Wildman–Crippen LogP) is 4.36. The molecule has 0 bridgehead atoms. The van der Waals surface area contributed by atoms with Gasteiger partial charge in [-0.05, 0) is 49.1 Å². The van der Waals surface area contributed by atoms with Crippen LogP contribution in [0.15, 0.2) is 47.4 Å². The van der Waals surface area contributed by atoms with Crippen molar-refractivity contribution in [2.75, 3.05) is 12.8 Å². The van der Waals surface area contributed by atoms with Crippen LogP contribution in [0.2, 0.25) is 5.02 Å². The second kappa shape index (κ2) is 6.85. The summed E-state index contributed by atoms with van der Waals surface area (Å²) in [5.41, 5.74) is 6.59. The molecule has 0 spiro atoms. The van der Waals surface area contributed by atoms with Gasteiger partial charge in [-0.15, -0.1) is 11.8 Å². The van der Waals surface area contributed by atoms with E-state index in [1.54, 1.807) is 11.8 Å². The van der Waals surface area contributed by atoms with Gasteiger partial charge in [0.1, 0.15) is 11.5 Å². The van der Waals surface area contributed by atoms with Gasteiger partial charge in [-0.25, -0.2) is 0 Å². The SMILES string of the molecule is CSc1ccccc1Oc1ccc(CCN)c(Cl)c1. The summed E-state index contributed by atoms with van der Waals surface area (Å²) < 4.78 is 5.88. The zero-order valence-corrected chi connectivity index (χ0v) is 12.3. The van der Waals surface area contributed by atoms with E-state index < -0.39 is 0 Å². The van der Waals surface area contributed by atoms with Crippen LogP contribution < -0.4 is 10.5 Å². The molecule has 0 saturated carbocycles. The maximum Gasteiger partial charge on any atom is 0.140 e. The number of benzene rings is 2. The number of hydrogen-bond donors (Lipinski definition) is 1. The molecule has 0 heterocycles. The molecule has 0 aliphatic rings. The van der Waals surface area contributed by atoms with Crippen LogP contribution in [-0.2, 0) is 6.42 Å². The Balaban J connectivity index is 2.21. The lowest BCUT2D eigenvalue weighted by atomic mass is 10.1. The molecule has 0 atom stereocenters. The molecule has 19 heavy (non-hydrogen) atoms. The molecular weight excluding hydrogens is 278 g/mol. The molecule has 2 rings (SSSR count). The lowest BCUT2D eigenvalue weighted by Gasteiger charge is -2.11. The first-order valence-corrected chi connectivity index (χ1v) is 7.64. The van der Waals surface area contributed by atoms with Gasteiger partial charge in [0.15, 0.2) is 0 Å². The molecule has 0 saturated heterocycles. The van der Waals surface area contributed by atoms with Crippen molar-refractivity contribution in [3.63, 3.8) is 0 Å². The van der Waals surface area contributed by atoms with Gasteiger partial charge in [-0.3, -0.25) is 0 Å². The number of nitrogens with two attached hydrogens (primary N) is 1. The highest BCUT2D eigenvalue weighted by molar-refractivity contribution is 7.98. The molecule has 0 aliphatic carbocycles. The third kappa shape index (κ3) is 3.66. The molecule has 0 aliphatic heterocycles. The molecule has 2 aromatic rings. The quantitative estimate of drug-likeness (QED) is 0.832. The van der Waals surface area contributed by atoms with Crippen molar-refractivity contribution in [2.24, 2.45) is 5.73 Å². The van der Waals surface area contributed by atoms with Crippen LogP contribution in [0.1, 0.15) is 5.56 Å². The van der Waals surface area contributed by atoms with Crippen molar-refractivity contribution in [3.8, 4) is 11.5 Å². The number of thioether (sulfide) groups is 1. The summed E-state index contributed by atoms with van der Waals surface area (Å²) in [6.07, 6.45) is 2.81. The maximum atomic E-state index is 6.21. The molecule has 2 nitrogen and oxygen atoms in total. The Morgan fingerprint density at radius 3 is 2.68 bits per heavy atom. The van der Waals surface area contributed by atoms with Gasteiger partial charge in [-0.1, -0.05) is 29.8 Å². The standard InChI is InChI=1S/C15H16ClNOS/c1-19-15-5-3-2-4-14(15)18-12-7-6-11(8-9-17)13(16)10-12/h2-7,10H,8-9,17H2,1H3. The van der Waals surface area contributed by atoms with E-state index >= 15 is 0 Å². The molecule has 0 radical (unpaired) electrons. The Bertz CT molecular complexity index is 560.